The summed E-state index contributed by atoms with van der Waals surface area (Å²) in [5.74, 6) is -0.934. The summed E-state index contributed by atoms with van der Waals surface area (Å²) in [6.07, 6.45) is 2.42. The van der Waals surface area contributed by atoms with Crippen molar-refractivity contribution in [2.45, 2.75) is 32.9 Å². The topological polar surface area (TPSA) is 70.8 Å². The van der Waals surface area contributed by atoms with Crippen molar-refractivity contribution in [3.05, 3.63) is 101 Å². The Morgan fingerprint density at radius 1 is 1.03 bits per heavy atom. The average molecular weight is 401 g/mol. The Labute approximate surface area is 175 Å². The lowest BCUT2D eigenvalue weighted by atomic mass is 9.94. The molecule has 5 heteroatoms. The van der Waals surface area contributed by atoms with Crippen LogP contribution in [0.1, 0.15) is 41.0 Å². The van der Waals surface area contributed by atoms with Gasteiger partial charge in [-0.15, -0.1) is 0 Å². The molecule has 5 nitrogen and oxygen atoms in total. The van der Waals surface area contributed by atoms with Crippen molar-refractivity contribution in [1.82, 2.24) is 4.90 Å². The summed E-state index contributed by atoms with van der Waals surface area (Å²) in [6.45, 7) is 4.15. The maximum Gasteiger partial charge on any atom is 0.296 e. The SMILES string of the molecule is CCc1ccc(C2C(=C(O)c3ccc(C)cc3)C(=O)C(=O)N2Cc2ccco2)cc1. The Morgan fingerprint density at radius 2 is 1.73 bits per heavy atom. The Morgan fingerprint density at radius 3 is 2.33 bits per heavy atom. The van der Waals surface area contributed by atoms with E-state index in [2.05, 4.69) is 6.92 Å². The van der Waals surface area contributed by atoms with Crippen molar-refractivity contribution >= 4 is 17.4 Å². The van der Waals surface area contributed by atoms with E-state index in [0.29, 0.717) is 11.3 Å². The van der Waals surface area contributed by atoms with Gasteiger partial charge in [-0.3, -0.25) is 9.59 Å². The second kappa shape index (κ2) is 8.03. The van der Waals surface area contributed by atoms with Gasteiger partial charge in [-0.1, -0.05) is 61.0 Å². The van der Waals surface area contributed by atoms with E-state index in [1.54, 1.807) is 24.3 Å². The fourth-order valence-electron chi connectivity index (χ4n) is 3.76. The monoisotopic (exact) mass is 401 g/mol. The van der Waals surface area contributed by atoms with Gasteiger partial charge in [0.1, 0.15) is 11.5 Å². The molecule has 1 saturated heterocycles. The minimum Gasteiger partial charge on any atom is -0.507 e. The lowest BCUT2D eigenvalue weighted by Gasteiger charge is -2.24. The molecule has 30 heavy (non-hydrogen) atoms. The molecule has 3 aromatic rings. The van der Waals surface area contributed by atoms with Crippen molar-refractivity contribution in [2.75, 3.05) is 0 Å². The summed E-state index contributed by atoms with van der Waals surface area (Å²) >= 11 is 0. The van der Waals surface area contributed by atoms with Gasteiger partial charge < -0.3 is 14.4 Å². The zero-order valence-corrected chi connectivity index (χ0v) is 17.0. The third kappa shape index (κ3) is 3.54. The average Bonchev–Trinajstić information content (AvgIpc) is 3.36. The van der Waals surface area contributed by atoms with Crippen LogP contribution >= 0.6 is 0 Å². The Hall–Kier alpha value is -3.60. The number of hydrogen-bond donors (Lipinski definition) is 1. The number of likely N-dealkylation sites (tertiary alicyclic amines) is 1. The summed E-state index contributed by atoms with van der Waals surface area (Å²) in [5, 5.41) is 11.0. The van der Waals surface area contributed by atoms with E-state index in [1.807, 2.05) is 43.3 Å². The van der Waals surface area contributed by atoms with Gasteiger partial charge in [0.15, 0.2) is 0 Å². The van der Waals surface area contributed by atoms with Crippen LogP contribution in [0.3, 0.4) is 0 Å². The number of hydrogen-bond acceptors (Lipinski definition) is 4. The number of aliphatic hydroxyl groups is 1. The van der Waals surface area contributed by atoms with Gasteiger partial charge in [0.25, 0.3) is 11.7 Å². The van der Waals surface area contributed by atoms with Crippen LogP contribution in [0.4, 0.5) is 0 Å². The Kier molecular flexibility index (Phi) is 5.27. The van der Waals surface area contributed by atoms with Crippen LogP contribution in [0, 0.1) is 6.92 Å². The molecular weight excluding hydrogens is 378 g/mol. The van der Waals surface area contributed by atoms with Crippen LogP contribution in [-0.2, 0) is 22.6 Å². The maximum atomic E-state index is 13.0. The summed E-state index contributed by atoms with van der Waals surface area (Å²) in [6, 6.07) is 17.8. The summed E-state index contributed by atoms with van der Waals surface area (Å²) < 4.78 is 5.41. The zero-order chi connectivity index (χ0) is 21.3. The first kappa shape index (κ1) is 19.7. The molecule has 1 fully saturated rings. The molecule has 152 valence electrons. The van der Waals surface area contributed by atoms with E-state index in [4.69, 9.17) is 4.42 Å². The number of rotatable bonds is 5. The van der Waals surface area contributed by atoms with Crippen molar-refractivity contribution < 1.29 is 19.1 Å². The van der Waals surface area contributed by atoms with E-state index in [-0.39, 0.29) is 17.9 Å². The first-order valence-electron chi connectivity index (χ1n) is 9.96. The number of carbonyl (C=O) groups is 2. The molecule has 0 spiro atoms. The first-order chi connectivity index (χ1) is 14.5. The summed E-state index contributed by atoms with van der Waals surface area (Å²) in [5.41, 5.74) is 3.56. The van der Waals surface area contributed by atoms with E-state index >= 15 is 0 Å². The number of Topliss-reactive ketones (excluding diaryl/α,β-unsaturated/α-hetero) is 1. The molecule has 4 rings (SSSR count). The molecule has 1 aliphatic heterocycles. The van der Waals surface area contributed by atoms with Crippen molar-refractivity contribution in [2.24, 2.45) is 0 Å². The highest BCUT2D eigenvalue weighted by molar-refractivity contribution is 6.46. The van der Waals surface area contributed by atoms with Gasteiger partial charge in [-0.05, 0) is 36.6 Å². The second-order valence-corrected chi connectivity index (χ2v) is 7.47. The molecule has 2 heterocycles. The fourth-order valence-corrected chi connectivity index (χ4v) is 3.76. The third-order valence-electron chi connectivity index (χ3n) is 5.47. The minimum atomic E-state index is -0.692. The predicted octanol–water partition coefficient (Wildman–Crippen LogP) is 4.77. The smallest absolute Gasteiger partial charge is 0.296 e. The largest absolute Gasteiger partial charge is 0.507 e. The Bertz CT molecular complexity index is 1090. The molecule has 2 aromatic carbocycles. The van der Waals surface area contributed by atoms with E-state index in [9.17, 15) is 14.7 Å². The highest BCUT2D eigenvalue weighted by Crippen LogP contribution is 2.40. The summed E-state index contributed by atoms with van der Waals surface area (Å²) in [4.78, 5) is 27.4. The molecule has 1 atom stereocenters. The highest BCUT2D eigenvalue weighted by Gasteiger charge is 2.46. The molecule has 1 N–H and O–H groups in total. The molecule has 0 saturated carbocycles. The number of furan rings is 1. The number of nitrogens with zero attached hydrogens (tertiary/aromatic N) is 1. The lowest BCUT2D eigenvalue weighted by Crippen LogP contribution is -2.29. The van der Waals surface area contributed by atoms with Gasteiger partial charge in [0, 0.05) is 5.56 Å². The van der Waals surface area contributed by atoms with Gasteiger partial charge in [0.05, 0.1) is 24.4 Å². The molecule has 1 unspecified atom stereocenters. The maximum absolute atomic E-state index is 13.0. The molecule has 1 amide bonds. The summed E-state index contributed by atoms with van der Waals surface area (Å²) in [7, 11) is 0. The minimum absolute atomic E-state index is 0.0969. The zero-order valence-electron chi connectivity index (χ0n) is 17.0. The van der Waals surface area contributed by atoms with E-state index in [1.165, 1.54) is 11.2 Å². The van der Waals surface area contributed by atoms with Gasteiger partial charge in [-0.2, -0.15) is 0 Å². The number of benzene rings is 2. The first-order valence-corrected chi connectivity index (χ1v) is 9.96. The van der Waals surface area contributed by atoms with Crippen LogP contribution in [0.15, 0.2) is 76.9 Å². The predicted molar refractivity (Wildman–Crippen MR) is 114 cm³/mol. The highest BCUT2D eigenvalue weighted by atomic mass is 16.3. The van der Waals surface area contributed by atoms with Crippen LogP contribution in [0.5, 0.6) is 0 Å². The lowest BCUT2D eigenvalue weighted by molar-refractivity contribution is -0.140. The van der Waals surface area contributed by atoms with Crippen LogP contribution in [-0.4, -0.2) is 21.7 Å². The van der Waals surface area contributed by atoms with E-state index in [0.717, 1.165) is 23.1 Å². The number of amides is 1. The van der Waals surface area contributed by atoms with Crippen LogP contribution in [0.25, 0.3) is 5.76 Å². The van der Waals surface area contributed by atoms with Crippen molar-refractivity contribution in [3.8, 4) is 0 Å². The number of carbonyl (C=O) groups excluding carboxylic acids is 2. The number of aliphatic hydroxyl groups excluding tert-OH is 1. The van der Waals surface area contributed by atoms with Gasteiger partial charge in [0.2, 0.25) is 0 Å². The second-order valence-electron chi connectivity index (χ2n) is 7.47. The molecule has 1 aliphatic rings. The van der Waals surface area contributed by atoms with E-state index < -0.39 is 17.7 Å². The van der Waals surface area contributed by atoms with Crippen LogP contribution < -0.4 is 0 Å². The van der Waals surface area contributed by atoms with Crippen LogP contribution in [0.2, 0.25) is 0 Å². The van der Waals surface area contributed by atoms with Crippen molar-refractivity contribution in [3.63, 3.8) is 0 Å². The molecule has 0 aliphatic carbocycles. The normalized spacial score (nSPS) is 18.2. The van der Waals surface area contributed by atoms with Gasteiger partial charge >= 0.3 is 0 Å². The molecular formula is C25H23NO4. The molecule has 0 bridgehead atoms. The van der Waals surface area contributed by atoms with Gasteiger partial charge in [-0.25, -0.2) is 0 Å². The fraction of sp³-hybridized carbons (Fsp3) is 0.200. The molecule has 0 radical (unpaired) electrons. The third-order valence-corrected chi connectivity index (χ3v) is 5.47. The molecule has 1 aromatic heterocycles. The van der Waals surface area contributed by atoms with Crippen molar-refractivity contribution in [1.29, 1.82) is 0 Å². The number of aryl methyl sites for hydroxylation is 2. The Balaban J connectivity index is 1.85. The number of ketones is 1. The quantitative estimate of drug-likeness (QED) is 0.380. The standard InChI is InChI=1S/C25H23NO4/c1-3-17-8-12-18(13-9-17)22-21(23(27)19-10-6-16(2)7-11-19)24(28)25(29)26(22)15-20-5-4-14-30-20/h4-14,22,27H,3,15H2,1-2H3.